The molecule has 1 aromatic rings. The molecule has 0 aliphatic rings. The van der Waals surface area contributed by atoms with E-state index in [9.17, 15) is 19.6 Å². The molecule has 8 heteroatoms. The number of nitriles is 1. The second kappa shape index (κ2) is 13.5. The van der Waals surface area contributed by atoms with Gasteiger partial charge in [0.05, 0.1) is 6.07 Å². The predicted octanol–water partition coefficient (Wildman–Crippen LogP) is 4.58. The van der Waals surface area contributed by atoms with Crippen LogP contribution in [0.2, 0.25) is 0 Å². The van der Waals surface area contributed by atoms with Gasteiger partial charge in [-0.3, -0.25) is 9.59 Å². The Bertz CT molecular complexity index is 930. The average Bonchev–Trinajstić information content (AvgIpc) is 2.75. The molecule has 0 heterocycles. The Balaban J connectivity index is 3.47. The van der Waals surface area contributed by atoms with Crippen molar-refractivity contribution in [3.8, 4) is 6.07 Å². The number of carbonyl (C=O) groups excluding carboxylic acids is 3. The fourth-order valence-electron chi connectivity index (χ4n) is 3.66. The normalized spacial score (nSPS) is 13.7. The third-order valence-electron chi connectivity index (χ3n) is 5.26. The van der Waals surface area contributed by atoms with Crippen molar-refractivity contribution in [3.63, 3.8) is 0 Å². The maximum atomic E-state index is 13.8. The van der Waals surface area contributed by atoms with Gasteiger partial charge in [0.15, 0.2) is 0 Å². The van der Waals surface area contributed by atoms with Gasteiger partial charge in [-0.15, -0.1) is 0 Å². The molecule has 0 fully saturated rings. The van der Waals surface area contributed by atoms with Crippen molar-refractivity contribution in [3.05, 3.63) is 42.0 Å². The Morgan fingerprint density at radius 1 is 1.20 bits per heavy atom. The summed E-state index contributed by atoms with van der Waals surface area (Å²) in [6.45, 7) is 16.1. The maximum Gasteiger partial charge on any atom is 0.408 e. The molecule has 0 aromatic heterocycles. The molecule has 0 saturated heterocycles. The third-order valence-corrected chi connectivity index (χ3v) is 5.26. The Hall–Kier alpha value is -3.34. The van der Waals surface area contributed by atoms with Crippen LogP contribution in [0.4, 0.5) is 4.79 Å². The summed E-state index contributed by atoms with van der Waals surface area (Å²) in [5, 5.41) is 15.2. The molecular formula is C27H40N4O4. The molecular weight excluding hydrogens is 444 g/mol. The number of ether oxygens (including phenoxy) is 1. The van der Waals surface area contributed by atoms with E-state index in [0.29, 0.717) is 5.56 Å². The number of benzene rings is 1. The van der Waals surface area contributed by atoms with E-state index >= 15 is 0 Å². The summed E-state index contributed by atoms with van der Waals surface area (Å²) in [7, 11) is 0. The molecule has 1 rings (SSSR count). The highest BCUT2D eigenvalue weighted by Crippen LogP contribution is 2.25. The van der Waals surface area contributed by atoms with Gasteiger partial charge in [0, 0.05) is 6.04 Å². The summed E-state index contributed by atoms with van der Waals surface area (Å²) in [4.78, 5) is 41.0. The number of rotatable bonds is 11. The molecule has 3 unspecified atom stereocenters. The second-order valence-corrected chi connectivity index (χ2v) is 9.97. The monoisotopic (exact) mass is 484 g/mol. The van der Waals surface area contributed by atoms with E-state index in [2.05, 4.69) is 17.2 Å². The molecule has 0 saturated carbocycles. The molecule has 1 aromatic carbocycles. The molecule has 0 aliphatic carbocycles. The van der Waals surface area contributed by atoms with Gasteiger partial charge in [-0.05, 0) is 57.2 Å². The first-order valence-electron chi connectivity index (χ1n) is 12.0. The van der Waals surface area contributed by atoms with E-state index in [-0.39, 0.29) is 18.5 Å². The smallest absolute Gasteiger partial charge is 0.408 e. The summed E-state index contributed by atoms with van der Waals surface area (Å²) in [5.41, 5.74) is 0.578. The minimum atomic E-state index is -1.07. The quantitative estimate of drug-likeness (QED) is 0.447. The van der Waals surface area contributed by atoms with E-state index in [1.54, 1.807) is 58.9 Å². The van der Waals surface area contributed by atoms with E-state index in [4.69, 9.17) is 4.74 Å². The van der Waals surface area contributed by atoms with Gasteiger partial charge in [0.25, 0.3) is 0 Å². The van der Waals surface area contributed by atoms with Crippen LogP contribution in [0, 0.1) is 17.2 Å². The number of hydrogen-bond donors (Lipinski definition) is 2. The number of carbonyl (C=O) groups is 3. The van der Waals surface area contributed by atoms with Crippen LogP contribution < -0.4 is 10.6 Å². The van der Waals surface area contributed by atoms with Crippen molar-refractivity contribution in [1.29, 1.82) is 5.26 Å². The molecule has 8 nitrogen and oxygen atoms in total. The van der Waals surface area contributed by atoms with Crippen LogP contribution in [0.1, 0.15) is 78.5 Å². The Labute approximate surface area is 209 Å². The van der Waals surface area contributed by atoms with Crippen LogP contribution in [0.25, 0.3) is 6.08 Å². The number of hydrogen-bond acceptors (Lipinski definition) is 5. The fourth-order valence-corrected chi connectivity index (χ4v) is 3.66. The highest BCUT2D eigenvalue weighted by Gasteiger charge is 2.37. The van der Waals surface area contributed by atoms with Gasteiger partial charge in [-0.25, -0.2) is 4.79 Å². The van der Waals surface area contributed by atoms with Crippen LogP contribution in [0.5, 0.6) is 0 Å². The minimum absolute atomic E-state index is 0.114. The van der Waals surface area contributed by atoms with E-state index < -0.39 is 35.6 Å². The Kier molecular flexibility index (Phi) is 11.5. The summed E-state index contributed by atoms with van der Waals surface area (Å²) < 4.78 is 5.33. The van der Waals surface area contributed by atoms with Gasteiger partial charge >= 0.3 is 6.09 Å². The highest BCUT2D eigenvalue weighted by molar-refractivity contribution is 5.92. The Morgan fingerprint density at radius 2 is 1.86 bits per heavy atom. The Morgan fingerprint density at radius 3 is 2.37 bits per heavy atom. The predicted molar refractivity (Wildman–Crippen MR) is 137 cm³/mol. The van der Waals surface area contributed by atoms with Gasteiger partial charge in [-0.1, -0.05) is 58.0 Å². The van der Waals surface area contributed by atoms with Gasteiger partial charge in [0.2, 0.25) is 11.8 Å². The topological polar surface area (TPSA) is 112 Å². The van der Waals surface area contributed by atoms with Crippen LogP contribution in [0.15, 0.2) is 30.8 Å². The van der Waals surface area contributed by atoms with Crippen molar-refractivity contribution in [2.24, 2.45) is 5.92 Å². The first kappa shape index (κ1) is 29.7. The van der Waals surface area contributed by atoms with E-state index in [1.165, 1.54) is 4.90 Å². The number of amides is 3. The lowest BCUT2D eigenvalue weighted by atomic mass is 9.97. The molecule has 0 bridgehead atoms. The lowest BCUT2D eigenvalue weighted by Gasteiger charge is -2.34. The standard InChI is InChI=1S/C27H40N4O4/c1-9-12-19(5)29-24(32)23(21-14-11-13-20(10-2)17-21)31(16-15-28)25(33)22(18(3)4)30-26(34)35-27(6,7)8/h10-11,13-14,17-19,22-23H,2,9,12,16H2,1,3-8H3,(H,29,32)(H,30,34). The first-order chi connectivity index (χ1) is 16.3. The van der Waals surface area contributed by atoms with Gasteiger partial charge in [-0.2, -0.15) is 5.26 Å². The summed E-state index contributed by atoms with van der Waals surface area (Å²) in [6, 6.07) is 6.95. The molecule has 0 spiro atoms. The van der Waals surface area contributed by atoms with Gasteiger partial charge < -0.3 is 20.3 Å². The number of nitrogens with one attached hydrogen (secondary N) is 2. The fraction of sp³-hybridized carbons (Fsp3) is 0.556. The van der Waals surface area contributed by atoms with Crippen LogP contribution in [0.3, 0.4) is 0 Å². The number of alkyl carbamates (subject to hydrolysis) is 1. The largest absolute Gasteiger partial charge is 0.444 e. The van der Waals surface area contributed by atoms with E-state index in [1.807, 2.05) is 26.0 Å². The zero-order chi connectivity index (χ0) is 26.8. The van der Waals surface area contributed by atoms with Gasteiger partial charge in [0.1, 0.15) is 24.2 Å². The third kappa shape index (κ3) is 9.44. The van der Waals surface area contributed by atoms with Crippen molar-refractivity contribution in [1.82, 2.24) is 15.5 Å². The molecule has 2 N–H and O–H groups in total. The van der Waals surface area contributed by atoms with Crippen molar-refractivity contribution in [2.75, 3.05) is 6.54 Å². The van der Waals surface area contributed by atoms with Crippen molar-refractivity contribution in [2.45, 2.75) is 85.0 Å². The lowest BCUT2D eigenvalue weighted by Crippen LogP contribution is -2.55. The van der Waals surface area contributed by atoms with Crippen LogP contribution >= 0.6 is 0 Å². The molecule has 3 amide bonds. The molecule has 192 valence electrons. The summed E-state index contributed by atoms with van der Waals surface area (Å²) in [5.74, 6) is -1.26. The molecule has 35 heavy (non-hydrogen) atoms. The van der Waals surface area contributed by atoms with Crippen LogP contribution in [-0.4, -0.2) is 47.0 Å². The van der Waals surface area contributed by atoms with Crippen molar-refractivity contribution < 1.29 is 19.1 Å². The zero-order valence-electron chi connectivity index (χ0n) is 22.1. The highest BCUT2D eigenvalue weighted by atomic mass is 16.6. The zero-order valence-corrected chi connectivity index (χ0v) is 22.1. The second-order valence-electron chi connectivity index (χ2n) is 9.97. The molecule has 3 atom stereocenters. The minimum Gasteiger partial charge on any atom is -0.444 e. The lowest BCUT2D eigenvalue weighted by molar-refractivity contribution is -0.142. The summed E-state index contributed by atoms with van der Waals surface area (Å²) >= 11 is 0. The number of nitrogens with zero attached hydrogens (tertiary/aromatic N) is 2. The van der Waals surface area contributed by atoms with E-state index in [0.717, 1.165) is 18.4 Å². The first-order valence-corrected chi connectivity index (χ1v) is 12.0. The summed E-state index contributed by atoms with van der Waals surface area (Å²) in [6.07, 6.45) is 2.56. The SMILES string of the molecule is C=Cc1cccc(C(C(=O)NC(C)CCC)N(CC#N)C(=O)C(NC(=O)OC(C)(C)C)C(C)C)c1. The maximum absolute atomic E-state index is 13.8. The van der Waals surface area contributed by atoms with Crippen molar-refractivity contribution >= 4 is 24.0 Å². The van der Waals surface area contributed by atoms with Crippen LogP contribution in [-0.2, 0) is 14.3 Å². The molecule has 0 aliphatic heterocycles. The average molecular weight is 485 g/mol. The molecule has 0 radical (unpaired) electrons.